The molecule has 0 N–H and O–H groups in total. The number of ether oxygens (including phenoxy) is 1. The quantitative estimate of drug-likeness (QED) is 0.665. The molecule has 138 valence electrons. The van der Waals surface area contributed by atoms with E-state index < -0.39 is 5.41 Å². The topological polar surface area (TPSA) is 60.7 Å². The van der Waals surface area contributed by atoms with Crippen LogP contribution in [0.3, 0.4) is 0 Å². The third-order valence-corrected chi connectivity index (χ3v) is 5.29. The third kappa shape index (κ3) is 3.01. The molecule has 3 aromatic rings. The van der Waals surface area contributed by atoms with Gasteiger partial charge in [-0.05, 0) is 49.1 Å². The first-order valence-electron chi connectivity index (χ1n) is 8.91. The molecule has 0 atom stereocenters. The second kappa shape index (κ2) is 6.61. The molecular weight excluding hydrogens is 347 g/mol. The van der Waals surface area contributed by atoms with Crippen LogP contribution in [0.15, 0.2) is 53.5 Å². The molecule has 4 rings (SSSR count). The van der Waals surface area contributed by atoms with Crippen LogP contribution in [0.5, 0.6) is 0 Å². The number of hydrogen-bond donors (Lipinski definition) is 0. The summed E-state index contributed by atoms with van der Waals surface area (Å²) in [4.78, 5) is 29.5. The number of rotatable bonds is 4. The number of esters is 1. The molecule has 27 heavy (non-hydrogen) atoms. The van der Waals surface area contributed by atoms with Crippen molar-refractivity contribution in [2.75, 3.05) is 0 Å². The highest BCUT2D eigenvalue weighted by Gasteiger charge is 2.47. The Morgan fingerprint density at radius 2 is 2.00 bits per heavy atom. The number of hydrogen-bond acceptors (Lipinski definition) is 4. The number of benzene rings is 1. The van der Waals surface area contributed by atoms with Crippen molar-refractivity contribution < 1.29 is 13.9 Å². The van der Waals surface area contributed by atoms with Crippen LogP contribution in [0.2, 0.25) is 0 Å². The van der Waals surface area contributed by atoms with Crippen LogP contribution in [0.25, 0.3) is 5.65 Å². The highest BCUT2D eigenvalue weighted by molar-refractivity contribution is 5.84. The fourth-order valence-electron chi connectivity index (χ4n) is 3.57. The molecular formula is C21H19FN2O3. The van der Waals surface area contributed by atoms with Gasteiger partial charge in [-0.1, -0.05) is 24.6 Å². The number of fused-ring (bicyclic) bond motifs is 1. The van der Waals surface area contributed by atoms with Crippen molar-refractivity contribution in [2.24, 2.45) is 0 Å². The van der Waals surface area contributed by atoms with Gasteiger partial charge in [-0.3, -0.25) is 14.0 Å². The predicted molar refractivity (Wildman–Crippen MR) is 97.9 cm³/mol. The third-order valence-electron chi connectivity index (χ3n) is 5.29. The summed E-state index contributed by atoms with van der Waals surface area (Å²) in [6.07, 6.45) is 3.92. The second-order valence-electron chi connectivity index (χ2n) is 6.99. The molecule has 1 saturated carbocycles. The first-order valence-corrected chi connectivity index (χ1v) is 8.91. The van der Waals surface area contributed by atoms with Crippen molar-refractivity contribution in [1.29, 1.82) is 0 Å². The van der Waals surface area contributed by atoms with Gasteiger partial charge in [0, 0.05) is 12.3 Å². The Morgan fingerprint density at radius 1 is 1.26 bits per heavy atom. The molecule has 1 aromatic carbocycles. The Kier molecular flexibility index (Phi) is 4.26. The molecule has 0 unspecified atom stereocenters. The summed E-state index contributed by atoms with van der Waals surface area (Å²) in [5.74, 6) is -0.690. The van der Waals surface area contributed by atoms with Gasteiger partial charge in [0.25, 0.3) is 5.56 Å². The lowest BCUT2D eigenvalue weighted by Gasteiger charge is -2.39. The fourth-order valence-corrected chi connectivity index (χ4v) is 3.57. The molecule has 5 nitrogen and oxygen atoms in total. The van der Waals surface area contributed by atoms with E-state index >= 15 is 0 Å². The lowest BCUT2D eigenvalue weighted by atomic mass is 9.64. The van der Waals surface area contributed by atoms with Crippen LogP contribution in [0.1, 0.15) is 36.1 Å². The summed E-state index contributed by atoms with van der Waals surface area (Å²) < 4.78 is 20.2. The minimum absolute atomic E-state index is 0.0676. The van der Waals surface area contributed by atoms with Crippen molar-refractivity contribution >= 4 is 11.6 Å². The maximum atomic E-state index is 13.2. The Labute approximate surface area is 155 Å². The van der Waals surface area contributed by atoms with Gasteiger partial charge < -0.3 is 4.74 Å². The zero-order chi connectivity index (χ0) is 19.0. The van der Waals surface area contributed by atoms with E-state index in [0.29, 0.717) is 24.2 Å². The predicted octanol–water partition coefficient (Wildman–Crippen LogP) is 3.31. The van der Waals surface area contributed by atoms with Crippen molar-refractivity contribution in [3.8, 4) is 0 Å². The normalized spacial score (nSPS) is 15.3. The number of aryl methyl sites for hydroxylation is 1. The fraction of sp³-hybridized carbons (Fsp3) is 0.286. The monoisotopic (exact) mass is 366 g/mol. The Hall–Kier alpha value is -3.02. The maximum Gasteiger partial charge on any atom is 0.316 e. The van der Waals surface area contributed by atoms with E-state index in [0.717, 1.165) is 17.5 Å². The molecule has 1 fully saturated rings. The second-order valence-corrected chi connectivity index (χ2v) is 6.99. The molecule has 0 radical (unpaired) electrons. The smallest absolute Gasteiger partial charge is 0.316 e. The molecule has 2 aromatic heterocycles. The van der Waals surface area contributed by atoms with Gasteiger partial charge in [0.2, 0.25) is 0 Å². The van der Waals surface area contributed by atoms with Crippen molar-refractivity contribution in [2.45, 2.75) is 38.2 Å². The molecule has 2 heterocycles. The van der Waals surface area contributed by atoms with Gasteiger partial charge in [-0.2, -0.15) is 0 Å². The van der Waals surface area contributed by atoms with Crippen molar-refractivity contribution in [1.82, 2.24) is 9.38 Å². The molecule has 0 spiro atoms. The zero-order valence-electron chi connectivity index (χ0n) is 14.9. The van der Waals surface area contributed by atoms with Gasteiger partial charge >= 0.3 is 5.97 Å². The van der Waals surface area contributed by atoms with Gasteiger partial charge in [0.05, 0.1) is 11.1 Å². The summed E-state index contributed by atoms with van der Waals surface area (Å²) >= 11 is 0. The van der Waals surface area contributed by atoms with Crippen LogP contribution in [-0.4, -0.2) is 15.4 Å². The number of nitrogens with zero attached hydrogens (tertiary/aromatic N) is 2. The number of carbonyl (C=O) groups excluding carboxylic acids is 1. The van der Waals surface area contributed by atoms with E-state index in [-0.39, 0.29) is 24.0 Å². The summed E-state index contributed by atoms with van der Waals surface area (Å²) in [5, 5.41) is 0. The summed E-state index contributed by atoms with van der Waals surface area (Å²) in [6.45, 7) is 1.80. The molecule has 1 aliphatic carbocycles. The highest BCUT2D eigenvalue weighted by Crippen LogP contribution is 2.44. The molecule has 0 aliphatic heterocycles. The molecule has 6 heteroatoms. The van der Waals surface area contributed by atoms with Crippen LogP contribution in [0.4, 0.5) is 4.39 Å². The van der Waals surface area contributed by atoms with E-state index in [9.17, 15) is 14.0 Å². The zero-order valence-corrected chi connectivity index (χ0v) is 14.9. The first-order chi connectivity index (χ1) is 13.0. The van der Waals surface area contributed by atoms with Gasteiger partial charge in [0.1, 0.15) is 18.1 Å². The van der Waals surface area contributed by atoms with Crippen molar-refractivity contribution in [3.05, 3.63) is 81.7 Å². The Balaban J connectivity index is 1.57. The highest BCUT2D eigenvalue weighted by atomic mass is 19.1. The molecule has 1 aliphatic rings. The first kappa shape index (κ1) is 17.4. The minimum Gasteiger partial charge on any atom is -0.458 e. The van der Waals surface area contributed by atoms with E-state index in [2.05, 4.69) is 4.98 Å². The average Bonchev–Trinajstić information content (AvgIpc) is 2.61. The molecule has 0 saturated heterocycles. The lowest BCUT2D eigenvalue weighted by molar-refractivity contribution is -0.156. The average molecular weight is 366 g/mol. The maximum absolute atomic E-state index is 13.2. The number of halogens is 1. The van der Waals surface area contributed by atoms with Crippen molar-refractivity contribution in [3.63, 3.8) is 0 Å². The van der Waals surface area contributed by atoms with E-state index in [4.69, 9.17) is 4.74 Å². The van der Waals surface area contributed by atoms with Gasteiger partial charge in [-0.25, -0.2) is 9.37 Å². The largest absolute Gasteiger partial charge is 0.458 e. The van der Waals surface area contributed by atoms with Gasteiger partial charge in [-0.15, -0.1) is 0 Å². The SMILES string of the molecule is Cc1cccn2c(=O)cc(COC(=O)C3(c4ccc(F)cc4)CCC3)nc12. The lowest BCUT2D eigenvalue weighted by Crippen LogP contribution is -2.43. The summed E-state index contributed by atoms with van der Waals surface area (Å²) in [6, 6.07) is 11.0. The van der Waals surface area contributed by atoms with E-state index in [1.165, 1.54) is 22.6 Å². The van der Waals surface area contributed by atoms with E-state index in [1.54, 1.807) is 24.4 Å². The molecule has 0 amide bonds. The standard InChI is InChI=1S/C21H19FN2O3/c1-14-4-2-11-24-18(25)12-17(23-19(14)24)13-27-20(26)21(9-3-10-21)15-5-7-16(22)8-6-15/h2,4-8,11-12H,3,9-10,13H2,1H3. The van der Waals surface area contributed by atoms with Crippen LogP contribution in [0, 0.1) is 12.7 Å². The molecule has 0 bridgehead atoms. The number of pyridine rings is 1. The van der Waals surface area contributed by atoms with E-state index in [1.807, 2.05) is 13.0 Å². The number of aromatic nitrogens is 2. The minimum atomic E-state index is -0.727. The summed E-state index contributed by atoms with van der Waals surface area (Å²) in [5.41, 5.74) is 1.65. The van der Waals surface area contributed by atoms with Crippen LogP contribution >= 0.6 is 0 Å². The van der Waals surface area contributed by atoms with Gasteiger partial charge in [0.15, 0.2) is 0 Å². The Bertz CT molecular complexity index is 1070. The number of carbonyl (C=O) groups is 1. The Morgan fingerprint density at radius 3 is 2.67 bits per heavy atom. The van der Waals surface area contributed by atoms with Crippen LogP contribution in [-0.2, 0) is 21.6 Å². The van der Waals surface area contributed by atoms with Crippen LogP contribution < -0.4 is 5.56 Å². The summed E-state index contributed by atoms with van der Waals surface area (Å²) in [7, 11) is 0.